The molecule has 2 aromatic heterocycles. The van der Waals surface area contributed by atoms with Gasteiger partial charge in [0, 0.05) is 48.7 Å². The van der Waals surface area contributed by atoms with Crippen LogP contribution < -0.4 is 4.90 Å². The number of fused-ring (bicyclic) bond motifs is 1. The number of amides is 1. The van der Waals surface area contributed by atoms with E-state index in [0.29, 0.717) is 18.9 Å². The van der Waals surface area contributed by atoms with Gasteiger partial charge in [0.05, 0.1) is 25.1 Å². The lowest BCUT2D eigenvalue weighted by Crippen LogP contribution is -2.52. The molecule has 0 aliphatic carbocycles. The summed E-state index contributed by atoms with van der Waals surface area (Å²) in [6, 6.07) is 14.1. The first kappa shape index (κ1) is 18.2. The smallest absolute Gasteiger partial charge is 0.270 e. The monoisotopic (exact) mass is 390 g/mol. The van der Waals surface area contributed by atoms with Crippen molar-refractivity contribution in [3.05, 3.63) is 60.6 Å². The van der Waals surface area contributed by atoms with Crippen LogP contribution in [0.2, 0.25) is 0 Å². The molecule has 3 aromatic rings. The number of hydrogen-bond acceptors (Lipinski definition) is 4. The number of aromatic nitrogens is 2. The topological polar surface area (TPSA) is 61.5 Å². The first-order valence-corrected chi connectivity index (χ1v) is 10.3. The van der Waals surface area contributed by atoms with Crippen LogP contribution in [0.5, 0.6) is 0 Å². The Labute approximate surface area is 170 Å². The van der Waals surface area contributed by atoms with Crippen molar-refractivity contribution < 1.29 is 9.53 Å². The van der Waals surface area contributed by atoms with E-state index in [1.807, 2.05) is 47.5 Å². The summed E-state index contributed by atoms with van der Waals surface area (Å²) in [6.45, 7) is 4.65. The lowest BCUT2D eigenvalue weighted by Gasteiger charge is -2.43. The third kappa shape index (κ3) is 3.60. The molecule has 29 heavy (non-hydrogen) atoms. The Kier molecular flexibility index (Phi) is 4.72. The average molecular weight is 390 g/mol. The second-order valence-corrected chi connectivity index (χ2v) is 8.29. The number of ether oxygens (including phenoxy) is 1. The van der Waals surface area contributed by atoms with Gasteiger partial charge >= 0.3 is 0 Å². The fraction of sp³-hybridized carbons (Fsp3) is 0.391. The van der Waals surface area contributed by atoms with Gasteiger partial charge in [-0.3, -0.25) is 9.78 Å². The molecule has 1 aromatic carbocycles. The molecule has 1 spiro atoms. The van der Waals surface area contributed by atoms with Crippen LogP contribution in [0.15, 0.2) is 54.9 Å². The summed E-state index contributed by atoms with van der Waals surface area (Å²) >= 11 is 0. The zero-order chi connectivity index (χ0) is 19.7. The Bertz CT molecular complexity index is 969. The third-order valence-corrected chi connectivity index (χ3v) is 6.16. The van der Waals surface area contributed by atoms with E-state index in [9.17, 15) is 4.79 Å². The first-order valence-electron chi connectivity index (χ1n) is 10.3. The SMILES string of the molecule is O=C(c1cc2ccccc2[nH]1)N1CCCC2(COCCN(c3cccnc3)C2)C1. The Morgan fingerprint density at radius 3 is 2.93 bits per heavy atom. The minimum atomic E-state index is -0.0493. The van der Waals surface area contributed by atoms with Crippen LogP contribution in [-0.2, 0) is 4.74 Å². The van der Waals surface area contributed by atoms with Gasteiger partial charge in [-0.2, -0.15) is 0 Å². The van der Waals surface area contributed by atoms with E-state index < -0.39 is 0 Å². The fourth-order valence-corrected chi connectivity index (χ4v) is 4.74. The average Bonchev–Trinajstić information content (AvgIpc) is 3.10. The van der Waals surface area contributed by atoms with Crippen molar-refractivity contribution in [2.24, 2.45) is 5.41 Å². The molecule has 1 unspecified atom stereocenters. The number of H-pyrrole nitrogens is 1. The molecule has 6 nitrogen and oxygen atoms in total. The summed E-state index contributed by atoms with van der Waals surface area (Å²) in [7, 11) is 0. The Balaban J connectivity index is 1.37. The molecule has 1 amide bonds. The van der Waals surface area contributed by atoms with E-state index >= 15 is 0 Å². The van der Waals surface area contributed by atoms with E-state index in [4.69, 9.17) is 4.74 Å². The zero-order valence-corrected chi connectivity index (χ0v) is 16.5. The highest BCUT2D eigenvalue weighted by Crippen LogP contribution is 2.35. The standard InChI is InChI=1S/C23H26N4O2/c28-22(21-13-18-5-1-2-7-20(18)25-21)27-10-4-8-23(16-27)15-26(11-12-29-17-23)19-6-3-9-24-14-19/h1-3,5-7,9,13-14,25H,4,8,10-12,15-17H2. The van der Waals surface area contributed by atoms with Gasteiger partial charge < -0.3 is 19.5 Å². The number of carbonyl (C=O) groups excluding carboxylic acids is 1. The van der Waals surface area contributed by atoms with Gasteiger partial charge in [0.15, 0.2) is 0 Å². The van der Waals surface area contributed by atoms with Gasteiger partial charge in [0.2, 0.25) is 0 Å². The van der Waals surface area contributed by atoms with E-state index in [1.165, 1.54) is 0 Å². The fourth-order valence-electron chi connectivity index (χ4n) is 4.74. The maximum Gasteiger partial charge on any atom is 0.270 e. The number of likely N-dealkylation sites (tertiary alicyclic amines) is 1. The van der Waals surface area contributed by atoms with Crippen LogP contribution in [-0.4, -0.2) is 60.2 Å². The summed E-state index contributed by atoms with van der Waals surface area (Å²) in [6.07, 6.45) is 5.78. The number of aromatic amines is 1. The second kappa shape index (κ2) is 7.52. The number of anilines is 1. The number of benzene rings is 1. The number of rotatable bonds is 2. The molecule has 2 aliphatic heterocycles. The Morgan fingerprint density at radius 1 is 1.14 bits per heavy atom. The minimum absolute atomic E-state index is 0.0493. The maximum absolute atomic E-state index is 13.3. The molecule has 6 heteroatoms. The van der Waals surface area contributed by atoms with E-state index in [2.05, 4.69) is 20.9 Å². The lowest BCUT2D eigenvalue weighted by molar-refractivity contribution is 0.0133. The molecule has 1 atom stereocenters. The maximum atomic E-state index is 13.3. The van der Waals surface area contributed by atoms with Crippen LogP contribution in [0.1, 0.15) is 23.3 Å². The molecule has 2 saturated heterocycles. The Morgan fingerprint density at radius 2 is 2.07 bits per heavy atom. The number of hydrogen-bond donors (Lipinski definition) is 1. The number of pyridine rings is 1. The highest BCUT2D eigenvalue weighted by Gasteiger charge is 2.40. The molecule has 2 aliphatic rings. The van der Waals surface area contributed by atoms with Crippen molar-refractivity contribution >= 4 is 22.5 Å². The lowest BCUT2D eigenvalue weighted by atomic mass is 9.80. The molecule has 0 bridgehead atoms. The van der Waals surface area contributed by atoms with Gasteiger partial charge in [0.25, 0.3) is 5.91 Å². The third-order valence-electron chi connectivity index (χ3n) is 6.16. The number of carbonyl (C=O) groups is 1. The first-order chi connectivity index (χ1) is 14.2. The molecule has 150 valence electrons. The van der Waals surface area contributed by atoms with Gasteiger partial charge in [-0.05, 0) is 37.1 Å². The van der Waals surface area contributed by atoms with Crippen molar-refractivity contribution in [1.82, 2.24) is 14.9 Å². The summed E-state index contributed by atoms with van der Waals surface area (Å²) < 4.78 is 6.01. The molecule has 0 radical (unpaired) electrons. The summed E-state index contributed by atoms with van der Waals surface area (Å²) in [5.41, 5.74) is 2.74. The highest BCUT2D eigenvalue weighted by molar-refractivity contribution is 5.98. The largest absolute Gasteiger partial charge is 0.379 e. The van der Waals surface area contributed by atoms with E-state index in [-0.39, 0.29) is 11.3 Å². The molecule has 5 rings (SSSR count). The van der Waals surface area contributed by atoms with Gasteiger partial charge in [-0.15, -0.1) is 0 Å². The van der Waals surface area contributed by atoms with Crippen molar-refractivity contribution in [2.75, 3.05) is 44.3 Å². The molecule has 2 fully saturated rings. The summed E-state index contributed by atoms with van der Waals surface area (Å²) in [4.78, 5) is 25.2. The van der Waals surface area contributed by atoms with Crippen molar-refractivity contribution in [3.8, 4) is 0 Å². The quantitative estimate of drug-likeness (QED) is 0.729. The van der Waals surface area contributed by atoms with E-state index in [0.717, 1.165) is 55.6 Å². The van der Waals surface area contributed by atoms with Gasteiger partial charge in [0.1, 0.15) is 5.69 Å². The van der Waals surface area contributed by atoms with E-state index in [1.54, 1.807) is 6.20 Å². The van der Waals surface area contributed by atoms with Crippen LogP contribution in [0.4, 0.5) is 5.69 Å². The zero-order valence-electron chi connectivity index (χ0n) is 16.5. The summed E-state index contributed by atoms with van der Waals surface area (Å²) in [5, 5.41) is 1.07. The van der Waals surface area contributed by atoms with Gasteiger partial charge in [-0.25, -0.2) is 0 Å². The predicted octanol–water partition coefficient (Wildman–Crippen LogP) is 3.32. The van der Waals surface area contributed by atoms with Gasteiger partial charge in [-0.1, -0.05) is 18.2 Å². The molecule has 4 heterocycles. The summed E-state index contributed by atoms with van der Waals surface area (Å²) in [5.74, 6) is 0.0810. The predicted molar refractivity (Wildman–Crippen MR) is 113 cm³/mol. The highest BCUT2D eigenvalue weighted by atomic mass is 16.5. The molecule has 1 N–H and O–H groups in total. The molecule has 0 saturated carbocycles. The number of nitrogens with zero attached hydrogens (tertiary/aromatic N) is 3. The number of para-hydroxylation sites is 1. The minimum Gasteiger partial charge on any atom is -0.379 e. The second-order valence-electron chi connectivity index (χ2n) is 8.29. The normalized spacial score (nSPS) is 22.8. The Hall–Kier alpha value is -2.86. The van der Waals surface area contributed by atoms with Crippen LogP contribution in [0.25, 0.3) is 10.9 Å². The molecular weight excluding hydrogens is 364 g/mol. The number of piperidine rings is 1. The van der Waals surface area contributed by atoms with Crippen molar-refractivity contribution in [2.45, 2.75) is 12.8 Å². The van der Waals surface area contributed by atoms with Crippen molar-refractivity contribution in [3.63, 3.8) is 0 Å². The van der Waals surface area contributed by atoms with Crippen LogP contribution in [0, 0.1) is 5.41 Å². The molecular formula is C23H26N4O2. The number of nitrogens with one attached hydrogen (secondary N) is 1. The van der Waals surface area contributed by atoms with Crippen LogP contribution >= 0.6 is 0 Å². The van der Waals surface area contributed by atoms with Crippen molar-refractivity contribution in [1.29, 1.82) is 0 Å². The van der Waals surface area contributed by atoms with Crippen LogP contribution in [0.3, 0.4) is 0 Å².